The lowest BCUT2D eigenvalue weighted by Crippen LogP contribution is -2.00. The Morgan fingerprint density at radius 3 is 2.39 bits per heavy atom. The van der Waals surface area contributed by atoms with Crippen molar-refractivity contribution in [3.05, 3.63) is 91.0 Å². The van der Waals surface area contributed by atoms with Gasteiger partial charge >= 0.3 is 0 Å². The zero-order valence-corrected chi connectivity index (χ0v) is 15.7. The maximum Gasteiger partial charge on any atom is 0.176 e. The van der Waals surface area contributed by atoms with Crippen molar-refractivity contribution in [1.29, 1.82) is 0 Å². The van der Waals surface area contributed by atoms with Gasteiger partial charge in [-0.1, -0.05) is 42.5 Å². The Morgan fingerprint density at radius 1 is 0.679 bits per heavy atom. The van der Waals surface area contributed by atoms with E-state index in [1.165, 1.54) is 9.40 Å². The second kappa shape index (κ2) is 6.01. The summed E-state index contributed by atoms with van der Waals surface area (Å²) < 4.78 is 11.1. The fraction of sp³-hybridized carbons (Fsp3) is 0. The van der Waals surface area contributed by atoms with Gasteiger partial charge < -0.3 is 14.0 Å². The van der Waals surface area contributed by atoms with Gasteiger partial charge in [-0.3, -0.25) is 0 Å². The number of rotatable bonds is 1. The third-order valence-corrected chi connectivity index (χ3v) is 6.17. The highest BCUT2D eigenvalue weighted by atomic mass is 32.1. The molecule has 0 spiro atoms. The minimum Gasteiger partial charge on any atom is -0.451 e. The van der Waals surface area contributed by atoms with Crippen LogP contribution in [0.4, 0.5) is 0 Å². The van der Waals surface area contributed by atoms with E-state index in [1.54, 1.807) is 11.3 Å². The molecule has 2 aromatic heterocycles. The molecular formula is C24H16N2OS. The number of H-pyrrole nitrogens is 1. The average molecular weight is 380 g/mol. The molecule has 134 valence electrons. The summed E-state index contributed by atoms with van der Waals surface area (Å²) in [5, 5.41) is 0. The Balaban J connectivity index is 1.84. The van der Waals surface area contributed by atoms with Crippen LogP contribution >= 0.6 is 11.3 Å². The summed E-state index contributed by atoms with van der Waals surface area (Å²) in [6.45, 7) is 0. The Hall–Kier alpha value is -3.50. The summed E-state index contributed by atoms with van der Waals surface area (Å²) in [5.74, 6) is 0. The predicted octanol–water partition coefficient (Wildman–Crippen LogP) is 7.20. The summed E-state index contributed by atoms with van der Waals surface area (Å²) in [4.78, 5) is 3.60. The largest absolute Gasteiger partial charge is 0.451 e. The predicted molar refractivity (Wildman–Crippen MR) is 118 cm³/mol. The Bertz CT molecular complexity index is 1510. The molecule has 0 unspecified atom stereocenters. The highest BCUT2D eigenvalue weighted by Crippen LogP contribution is 2.34. The number of para-hydroxylation sites is 4. The molecule has 4 heteroatoms. The molecule has 0 amide bonds. The molecule has 0 saturated carbocycles. The summed E-state index contributed by atoms with van der Waals surface area (Å²) in [5.41, 5.74) is 7.06. The lowest BCUT2D eigenvalue weighted by molar-refractivity contribution is 0.656. The topological polar surface area (TPSA) is 33.9 Å². The molecular weight excluding hydrogens is 364 g/mol. The van der Waals surface area contributed by atoms with Crippen molar-refractivity contribution in [3.63, 3.8) is 0 Å². The molecule has 6 rings (SSSR count). The van der Waals surface area contributed by atoms with Gasteiger partial charge in [0.2, 0.25) is 0 Å². The van der Waals surface area contributed by atoms with Crippen LogP contribution in [0.3, 0.4) is 0 Å². The van der Waals surface area contributed by atoms with Crippen LogP contribution in [0.15, 0.2) is 95.4 Å². The molecule has 0 radical (unpaired) electrons. The van der Waals surface area contributed by atoms with Crippen molar-refractivity contribution in [2.45, 2.75) is 0 Å². The number of fused-ring (bicyclic) bond motifs is 5. The summed E-state index contributed by atoms with van der Waals surface area (Å²) in [6, 6.07) is 31.3. The van der Waals surface area contributed by atoms with Gasteiger partial charge in [-0.2, -0.15) is 0 Å². The maximum atomic E-state index is 6.43. The van der Waals surface area contributed by atoms with Crippen molar-refractivity contribution in [2.24, 2.45) is 0 Å². The second-order valence-electron chi connectivity index (χ2n) is 6.75. The van der Waals surface area contributed by atoms with Crippen LogP contribution in [0, 0.1) is 0 Å². The van der Waals surface area contributed by atoms with E-state index >= 15 is 0 Å². The zero-order chi connectivity index (χ0) is 18.5. The molecule has 4 aromatic carbocycles. The van der Waals surface area contributed by atoms with Crippen molar-refractivity contribution < 1.29 is 4.42 Å². The van der Waals surface area contributed by atoms with Crippen LogP contribution in [-0.2, 0) is 0 Å². The monoisotopic (exact) mass is 380 g/mol. The van der Waals surface area contributed by atoms with E-state index < -0.39 is 0 Å². The van der Waals surface area contributed by atoms with Crippen molar-refractivity contribution in [2.75, 3.05) is 0 Å². The number of aromatic amines is 1. The molecule has 2 heterocycles. The SMILES string of the molecule is c1ccc(-n2c3ccccc3oc3c4[nH]c5ccccc5sc4ccc32)cc1. The van der Waals surface area contributed by atoms with Gasteiger partial charge in [-0.05, 0) is 48.5 Å². The van der Waals surface area contributed by atoms with E-state index in [0.717, 1.165) is 38.9 Å². The number of hydrogen-bond donors (Lipinski definition) is 1. The molecule has 0 bridgehead atoms. The van der Waals surface area contributed by atoms with Gasteiger partial charge in [0.05, 0.1) is 25.9 Å². The third kappa shape index (κ3) is 2.28. The minimum atomic E-state index is 0.859. The highest BCUT2D eigenvalue weighted by molar-refractivity contribution is 7.24. The molecule has 6 aromatic rings. The van der Waals surface area contributed by atoms with Crippen LogP contribution in [0.1, 0.15) is 0 Å². The first-order chi connectivity index (χ1) is 13.9. The summed E-state index contributed by atoms with van der Waals surface area (Å²) in [6.07, 6.45) is 0. The van der Waals surface area contributed by atoms with Crippen molar-refractivity contribution in [3.8, 4) is 5.69 Å². The molecule has 0 saturated heterocycles. The first kappa shape index (κ1) is 15.5. The standard InChI is InChI=1S/C24H16N2OS/c1-2-8-16(9-3-1)26-18-11-5-6-12-20(18)27-24-19(26)14-15-22-23(24)25-17-10-4-7-13-21(17)28-22/h1-15,25H. The molecule has 0 fully saturated rings. The molecule has 1 N–H and O–H groups in total. The molecule has 0 aliphatic rings. The van der Waals surface area contributed by atoms with Crippen molar-refractivity contribution in [1.82, 2.24) is 9.55 Å². The lowest BCUT2D eigenvalue weighted by atomic mass is 10.2. The summed E-state index contributed by atoms with van der Waals surface area (Å²) >= 11 is 1.77. The molecule has 0 atom stereocenters. The van der Waals surface area contributed by atoms with Gasteiger partial charge in [0.1, 0.15) is 5.52 Å². The number of hydrogen-bond acceptors (Lipinski definition) is 2. The second-order valence-corrected chi connectivity index (χ2v) is 7.83. The van der Waals surface area contributed by atoms with Gasteiger partial charge in [-0.15, -0.1) is 11.3 Å². The minimum absolute atomic E-state index is 0.859. The Morgan fingerprint density at radius 2 is 1.46 bits per heavy atom. The number of aromatic nitrogens is 2. The van der Waals surface area contributed by atoms with Crippen LogP contribution < -0.4 is 0 Å². The first-order valence-electron chi connectivity index (χ1n) is 9.21. The quantitative estimate of drug-likeness (QED) is 0.237. The van der Waals surface area contributed by atoms with Crippen LogP contribution in [-0.4, -0.2) is 9.55 Å². The van der Waals surface area contributed by atoms with Crippen LogP contribution in [0.2, 0.25) is 0 Å². The van der Waals surface area contributed by atoms with E-state index in [4.69, 9.17) is 4.42 Å². The van der Waals surface area contributed by atoms with Gasteiger partial charge in [0.25, 0.3) is 0 Å². The third-order valence-electron chi connectivity index (χ3n) is 5.04. The fourth-order valence-corrected chi connectivity index (χ4v) is 4.77. The molecule has 0 aliphatic carbocycles. The van der Waals surface area contributed by atoms with Crippen LogP contribution in [0.5, 0.6) is 0 Å². The molecule has 3 nitrogen and oxygen atoms in total. The molecule has 28 heavy (non-hydrogen) atoms. The van der Waals surface area contributed by atoms with E-state index in [0.29, 0.717) is 0 Å². The fourth-order valence-electron chi connectivity index (χ4n) is 3.77. The van der Waals surface area contributed by atoms with Gasteiger partial charge in [0.15, 0.2) is 11.2 Å². The Kier molecular flexibility index (Phi) is 3.34. The zero-order valence-electron chi connectivity index (χ0n) is 14.9. The summed E-state index contributed by atoms with van der Waals surface area (Å²) in [7, 11) is 0. The van der Waals surface area contributed by atoms with E-state index in [2.05, 4.69) is 76.3 Å². The van der Waals surface area contributed by atoms with E-state index in [-0.39, 0.29) is 0 Å². The number of nitrogens with zero attached hydrogens (tertiary/aromatic N) is 1. The molecule has 0 aliphatic heterocycles. The normalized spacial score (nSPS) is 11.6. The van der Waals surface area contributed by atoms with Crippen molar-refractivity contribution >= 4 is 54.0 Å². The Labute approximate surface area is 164 Å². The van der Waals surface area contributed by atoms with Gasteiger partial charge in [0, 0.05) is 5.69 Å². The number of nitrogens with one attached hydrogen (secondary N) is 1. The van der Waals surface area contributed by atoms with E-state index in [9.17, 15) is 0 Å². The lowest BCUT2D eigenvalue weighted by Gasteiger charge is -2.16. The average Bonchev–Trinajstić information content (AvgIpc) is 2.76. The highest BCUT2D eigenvalue weighted by Gasteiger charge is 2.13. The van der Waals surface area contributed by atoms with E-state index in [1.807, 2.05) is 24.3 Å². The van der Waals surface area contributed by atoms with Gasteiger partial charge in [-0.25, -0.2) is 0 Å². The van der Waals surface area contributed by atoms with Crippen LogP contribution in [0.25, 0.3) is 48.3 Å². The number of benzene rings is 4. The maximum absolute atomic E-state index is 6.43. The smallest absolute Gasteiger partial charge is 0.176 e. The first-order valence-corrected chi connectivity index (χ1v) is 10.0.